The molecule has 9 heteroatoms. The maximum absolute atomic E-state index is 12.7. The van der Waals surface area contributed by atoms with E-state index in [0.717, 1.165) is 6.42 Å². The van der Waals surface area contributed by atoms with Crippen LogP contribution in [0.15, 0.2) is 17.1 Å². The van der Waals surface area contributed by atoms with Gasteiger partial charge in [0.1, 0.15) is 5.75 Å². The van der Waals surface area contributed by atoms with Gasteiger partial charge in [-0.3, -0.25) is 0 Å². The first-order chi connectivity index (χ1) is 12.6. The Balaban J connectivity index is 2.04. The molecule has 2 rings (SSSR count). The molecule has 0 saturated carbocycles. The quantitative estimate of drug-likeness (QED) is 0.373. The maximum Gasteiger partial charge on any atom is 0.387 e. The van der Waals surface area contributed by atoms with Gasteiger partial charge < -0.3 is 29.6 Å². The number of ether oxygens (including phenoxy) is 4. The fourth-order valence-corrected chi connectivity index (χ4v) is 2.33. The van der Waals surface area contributed by atoms with Crippen molar-refractivity contribution in [3.8, 4) is 17.2 Å². The summed E-state index contributed by atoms with van der Waals surface area (Å²) in [5, 5.41) is 6.29. The number of rotatable bonds is 10. The van der Waals surface area contributed by atoms with Crippen molar-refractivity contribution in [2.75, 3.05) is 33.1 Å². The monoisotopic (exact) mass is 373 g/mol. The van der Waals surface area contributed by atoms with Crippen LogP contribution in [0.3, 0.4) is 0 Å². The Morgan fingerprint density at radius 3 is 2.69 bits per heavy atom. The van der Waals surface area contributed by atoms with Crippen LogP contribution in [0.1, 0.15) is 25.8 Å². The van der Waals surface area contributed by atoms with Gasteiger partial charge in [-0.15, -0.1) is 0 Å². The lowest BCUT2D eigenvalue weighted by atomic mass is 10.1. The molecule has 0 amide bonds. The molecule has 1 aromatic carbocycles. The molecule has 0 saturated heterocycles. The largest absolute Gasteiger partial charge is 0.454 e. The fraction of sp³-hybridized carbons (Fsp3) is 0.588. The van der Waals surface area contributed by atoms with Gasteiger partial charge in [0.25, 0.3) is 0 Å². The average molecular weight is 373 g/mol. The van der Waals surface area contributed by atoms with Gasteiger partial charge in [-0.05, 0) is 26.3 Å². The number of nitrogens with one attached hydrogen (secondary N) is 2. The zero-order valence-electron chi connectivity index (χ0n) is 15.0. The normalized spacial score (nSPS) is 13.2. The Labute approximate surface area is 151 Å². The summed E-state index contributed by atoms with van der Waals surface area (Å²) in [6.45, 7) is 3.89. The fourth-order valence-electron chi connectivity index (χ4n) is 2.33. The van der Waals surface area contributed by atoms with Gasteiger partial charge in [-0.2, -0.15) is 8.78 Å². The molecule has 1 heterocycles. The summed E-state index contributed by atoms with van der Waals surface area (Å²) in [5.74, 6) is 1.49. The molecule has 0 atom stereocenters. The van der Waals surface area contributed by atoms with Crippen LogP contribution in [0.4, 0.5) is 8.78 Å². The van der Waals surface area contributed by atoms with Crippen LogP contribution < -0.4 is 24.8 Å². The zero-order chi connectivity index (χ0) is 18.8. The number of guanidine groups is 1. The Hall–Kier alpha value is -2.29. The van der Waals surface area contributed by atoms with Crippen molar-refractivity contribution in [3.05, 3.63) is 17.7 Å². The summed E-state index contributed by atoms with van der Waals surface area (Å²) in [4.78, 5) is 4.43. The number of hydrogen-bond acceptors (Lipinski definition) is 5. The molecule has 7 nitrogen and oxygen atoms in total. The predicted molar refractivity (Wildman–Crippen MR) is 93.1 cm³/mol. The van der Waals surface area contributed by atoms with Crippen LogP contribution in [0.2, 0.25) is 0 Å². The van der Waals surface area contributed by atoms with Crippen molar-refractivity contribution < 1.29 is 27.7 Å². The van der Waals surface area contributed by atoms with E-state index >= 15 is 0 Å². The van der Waals surface area contributed by atoms with E-state index in [4.69, 9.17) is 14.2 Å². The van der Waals surface area contributed by atoms with E-state index in [1.54, 1.807) is 6.07 Å². The van der Waals surface area contributed by atoms with Crippen LogP contribution in [0, 0.1) is 0 Å². The smallest absolute Gasteiger partial charge is 0.387 e. The number of benzene rings is 1. The molecule has 0 spiro atoms. The second kappa shape index (κ2) is 10.6. The van der Waals surface area contributed by atoms with Crippen LogP contribution in [0.25, 0.3) is 0 Å². The first-order valence-corrected chi connectivity index (χ1v) is 8.61. The Morgan fingerprint density at radius 2 is 2.00 bits per heavy atom. The van der Waals surface area contributed by atoms with E-state index in [1.165, 1.54) is 6.07 Å². The minimum absolute atomic E-state index is 0.0280. The second-order valence-electron chi connectivity index (χ2n) is 5.36. The van der Waals surface area contributed by atoms with Crippen molar-refractivity contribution in [2.45, 2.75) is 33.4 Å². The lowest BCUT2D eigenvalue weighted by Gasteiger charge is -2.13. The average Bonchev–Trinajstić information content (AvgIpc) is 3.05. The van der Waals surface area contributed by atoms with Gasteiger partial charge in [0.15, 0.2) is 17.5 Å². The Bertz CT molecular complexity index is 600. The van der Waals surface area contributed by atoms with Crippen molar-refractivity contribution in [1.29, 1.82) is 0 Å². The Morgan fingerprint density at radius 1 is 1.23 bits per heavy atom. The molecule has 0 bridgehead atoms. The van der Waals surface area contributed by atoms with Gasteiger partial charge in [-0.1, -0.05) is 0 Å². The molecule has 2 N–H and O–H groups in total. The Kier molecular flexibility index (Phi) is 8.20. The highest BCUT2D eigenvalue weighted by Gasteiger charge is 2.20. The van der Waals surface area contributed by atoms with Crippen molar-refractivity contribution in [2.24, 2.45) is 4.99 Å². The lowest BCUT2D eigenvalue weighted by molar-refractivity contribution is -0.0505. The van der Waals surface area contributed by atoms with Gasteiger partial charge >= 0.3 is 6.61 Å². The van der Waals surface area contributed by atoms with Crippen LogP contribution in [0.5, 0.6) is 17.2 Å². The van der Waals surface area contributed by atoms with Crippen molar-refractivity contribution in [3.63, 3.8) is 0 Å². The lowest BCUT2D eigenvalue weighted by Crippen LogP contribution is -2.38. The number of fused-ring (bicyclic) bond motifs is 1. The summed E-state index contributed by atoms with van der Waals surface area (Å²) in [6.07, 6.45) is 0.835. The summed E-state index contributed by atoms with van der Waals surface area (Å²) in [5.41, 5.74) is 0.487. The summed E-state index contributed by atoms with van der Waals surface area (Å²) in [6, 6.07) is 3.02. The molecule has 1 aliphatic heterocycles. The number of alkyl halides is 2. The first kappa shape index (κ1) is 20.0. The summed E-state index contributed by atoms with van der Waals surface area (Å²) in [7, 11) is 0. The van der Waals surface area contributed by atoms with E-state index in [0.29, 0.717) is 49.3 Å². The van der Waals surface area contributed by atoms with E-state index < -0.39 is 6.61 Å². The topological polar surface area (TPSA) is 73.3 Å². The summed E-state index contributed by atoms with van der Waals surface area (Å²) >= 11 is 0. The van der Waals surface area contributed by atoms with Crippen LogP contribution in [-0.2, 0) is 11.3 Å². The highest BCUT2D eigenvalue weighted by molar-refractivity contribution is 5.79. The minimum atomic E-state index is -2.93. The molecule has 1 aliphatic rings. The number of halogens is 2. The highest BCUT2D eigenvalue weighted by Crippen LogP contribution is 2.38. The molecule has 0 aliphatic carbocycles. The third-order valence-corrected chi connectivity index (χ3v) is 3.49. The second-order valence-corrected chi connectivity index (χ2v) is 5.36. The van der Waals surface area contributed by atoms with E-state index in [-0.39, 0.29) is 19.1 Å². The summed E-state index contributed by atoms with van der Waals surface area (Å²) < 4.78 is 45.7. The van der Waals surface area contributed by atoms with E-state index in [9.17, 15) is 8.78 Å². The van der Waals surface area contributed by atoms with Gasteiger partial charge in [0.2, 0.25) is 6.79 Å². The van der Waals surface area contributed by atoms with Crippen LogP contribution in [-0.4, -0.2) is 45.7 Å². The molecule has 0 fully saturated rings. The molecule has 146 valence electrons. The molecular weight excluding hydrogens is 348 g/mol. The van der Waals surface area contributed by atoms with Crippen LogP contribution >= 0.6 is 0 Å². The maximum atomic E-state index is 12.7. The molecular formula is C17H25F2N3O4. The number of hydrogen-bond donors (Lipinski definition) is 2. The van der Waals surface area contributed by atoms with E-state index in [2.05, 4.69) is 20.4 Å². The standard InChI is InChI=1S/C17H25F2N3O4/c1-3-20-17(21-6-5-7-23-4-2)22-10-12-8-14-15(25-11-24-14)9-13(12)26-16(18)19/h8-9,16H,3-7,10-11H2,1-2H3,(H2,20,21,22). The molecule has 1 aromatic rings. The third-order valence-electron chi connectivity index (χ3n) is 3.49. The molecule has 26 heavy (non-hydrogen) atoms. The van der Waals surface area contributed by atoms with Gasteiger partial charge in [0.05, 0.1) is 6.54 Å². The first-order valence-electron chi connectivity index (χ1n) is 8.61. The third kappa shape index (κ3) is 6.21. The van der Waals surface area contributed by atoms with Crippen molar-refractivity contribution in [1.82, 2.24) is 10.6 Å². The number of nitrogens with zero attached hydrogens (tertiary/aromatic N) is 1. The molecule has 0 unspecified atom stereocenters. The predicted octanol–water partition coefficient (Wildman–Crippen LogP) is 2.50. The SMILES string of the molecule is CCNC(=NCc1cc2c(cc1OC(F)F)OCO2)NCCCOCC. The molecule has 0 radical (unpaired) electrons. The zero-order valence-corrected chi connectivity index (χ0v) is 15.0. The number of aliphatic imine (C=N–C) groups is 1. The highest BCUT2D eigenvalue weighted by atomic mass is 19.3. The van der Waals surface area contributed by atoms with Gasteiger partial charge in [0, 0.05) is 37.9 Å². The van der Waals surface area contributed by atoms with Crippen molar-refractivity contribution >= 4 is 5.96 Å². The minimum Gasteiger partial charge on any atom is -0.454 e. The van der Waals surface area contributed by atoms with E-state index in [1.807, 2.05) is 13.8 Å². The molecule has 0 aromatic heterocycles. The van der Waals surface area contributed by atoms with Gasteiger partial charge in [-0.25, -0.2) is 4.99 Å².